The summed E-state index contributed by atoms with van der Waals surface area (Å²) in [6.07, 6.45) is 0.647. The SMILES string of the molecule is Cc1cccc(OC(C)C(=O)NNC(=O)C2CCCN(C(=O)c3cccs3)C2)c1C. The number of benzene rings is 1. The maximum absolute atomic E-state index is 12.5. The Morgan fingerprint density at radius 3 is 2.70 bits per heavy atom. The average molecular weight is 430 g/mol. The Labute approximate surface area is 180 Å². The number of hydrazine groups is 1. The lowest BCUT2D eigenvalue weighted by molar-refractivity contribution is -0.135. The molecule has 30 heavy (non-hydrogen) atoms. The first-order valence-electron chi connectivity index (χ1n) is 10.0. The van der Waals surface area contributed by atoms with E-state index in [1.165, 1.54) is 11.3 Å². The summed E-state index contributed by atoms with van der Waals surface area (Å²) >= 11 is 1.39. The van der Waals surface area contributed by atoms with E-state index in [1.807, 2.05) is 43.5 Å². The van der Waals surface area contributed by atoms with Gasteiger partial charge in [0.05, 0.1) is 10.8 Å². The molecule has 7 nitrogen and oxygen atoms in total. The highest BCUT2D eigenvalue weighted by Gasteiger charge is 2.29. The van der Waals surface area contributed by atoms with Crippen LogP contribution in [0.15, 0.2) is 35.7 Å². The molecule has 0 aliphatic carbocycles. The second-order valence-corrected chi connectivity index (χ2v) is 8.45. The van der Waals surface area contributed by atoms with Crippen molar-refractivity contribution in [3.05, 3.63) is 51.7 Å². The molecule has 0 spiro atoms. The van der Waals surface area contributed by atoms with E-state index in [-0.39, 0.29) is 17.7 Å². The van der Waals surface area contributed by atoms with Crippen LogP contribution < -0.4 is 15.6 Å². The Morgan fingerprint density at radius 1 is 1.17 bits per heavy atom. The van der Waals surface area contributed by atoms with Crippen molar-refractivity contribution in [1.82, 2.24) is 15.8 Å². The van der Waals surface area contributed by atoms with Gasteiger partial charge in [0.2, 0.25) is 5.91 Å². The molecule has 2 N–H and O–H groups in total. The number of ether oxygens (including phenoxy) is 1. The summed E-state index contributed by atoms with van der Waals surface area (Å²) in [7, 11) is 0. The lowest BCUT2D eigenvalue weighted by Gasteiger charge is -2.31. The number of hydrogen-bond donors (Lipinski definition) is 2. The van der Waals surface area contributed by atoms with Gasteiger partial charge in [-0.2, -0.15) is 0 Å². The summed E-state index contributed by atoms with van der Waals surface area (Å²) in [6, 6.07) is 9.28. The minimum atomic E-state index is -0.769. The van der Waals surface area contributed by atoms with Gasteiger partial charge in [-0.3, -0.25) is 25.2 Å². The van der Waals surface area contributed by atoms with Crippen molar-refractivity contribution in [2.75, 3.05) is 13.1 Å². The molecule has 3 rings (SSSR count). The number of rotatable bonds is 5. The van der Waals surface area contributed by atoms with Crippen LogP contribution in [0.3, 0.4) is 0 Å². The maximum atomic E-state index is 12.5. The molecule has 1 aromatic heterocycles. The minimum Gasteiger partial charge on any atom is -0.481 e. The van der Waals surface area contributed by atoms with E-state index in [2.05, 4.69) is 10.9 Å². The average Bonchev–Trinajstić information content (AvgIpc) is 3.29. The van der Waals surface area contributed by atoms with Crippen LogP contribution in [0.4, 0.5) is 0 Å². The zero-order valence-corrected chi connectivity index (χ0v) is 18.3. The van der Waals surface area contributed by atoms with E-state index in [0.717, 1.165) is 17.5 Å². The van der Waals surface area contributed by atoms with Crippen LogP contribution in [-0.2, 0) is 9.59 Å². The summed E-state index contributed by atoms with van der Waals surface area (Å²) in [5.41, 5.74) is 6.97. The second-order valence-electron chi connectivity index (χ2n) is 7.50. The fourth-order valence-corrected chi connectivity index (χ4v) is 4.05. The van der Waals surface area contributed by atoms with E-state index in [1.54, 1.807) is 17.9 Å². The Morgan fingerprint density at radius 2 is 1.97 bits per heavy atom. The van der Waals surface area contributed by atoms with Crippen LogP contribution in [-0.4, -0.2) is 41.8 Å². The van der Waals surface area contributed by atoms with E-state index in [0.29, 0.717) is 30.1 Å². The third-order valence-corrected chi connectivity index (χ3v) is 6.21. The predicted octanol–water partition coefficient (Wildman–Crippen LogP) is 2.83. The molecule has 2 unspecified atom stereocenters. The predicted molar refractivity (Wildman–Crippen MR) is 115 cm³/mol. The Hall–Kier alpha value is -2.87. The second kappa shape index (κ2) is 9.75. The highest BCUT2D eigenvalue weighted by atomic mass is 32.1. The molecule has 1 fully saturated rings. The van der Waals surface area contributed by atoms with Gasteiger partial charge in [-0.1, -0.05) is 18.2 Å². The first-order valence-corrected chi connectivity index (χ1v) is 10.9. The number of aryl methyl sites for hydroxylation is 1. The van der Waals surface area contributed by atoms with Crippen LogP contribution in [0.5, 0.6) is 5.75 Å². The third-order valence-electron chi connectivity index (χ3n) is 5.35. The van der Waals surface area contributed by atoms with Gasteiger partial charge in [0, 0.05) is 13.1 Å². The Bertz CT molecular complexity index is 913. The normalized spacial score (nSPS) is 17.2. The molecule has 3 amide bonds. The van der Waals surface area contributed by atoms with Gasteiger partial charge in [0.1, 0.15) is 5.75 Å². The summed E-state index contributed by atoms with van der Waals surface area (Å²) in [5, 5.41) is 1.86. The number of piperidine rings is 1. The van der Waals surface area contributed by atoms with E-state index in [4.69, 9.17) is 4.74 Å². The zero-order valence-electron chi connectivity index (χ0n) is 17.4. The number of carbonyl (C=O) groups excluding carboxylic acids is 3. The van der Waals surface area contributed by atoms with Crippen molar-refractivity contribution >= 4 is 29.1 Å². The first kappa shape index (κ1) is 21.8. The zero-order chi connectivity index (χ0) is 21.7. The lowest BCUT2D eigenvalue weighted by atomic mass is 9.97. The van der Waals surface area contributed by atoms with Crippen molar-refractivity contribution in [2.45, 2.75) is 39.7 Å². The Kier molecular flexibility index (Phi) is 7.10. The van der Waals surface area contributed by atoms with E-state index < -0.39 is 12.0 Å². The minimum absolute atomic E-state index is 0.0536. The van der Waals surface area contributed by atoms with Gasteiger partial charge in [-0.05, 0) is 62.3 Å². The van der Waals surface area contributed by atoms with Crippen LogP contribution in [0.2, 0.25) is 0 Å². The van der Waals surface area contributed by atoms with Gasteiger partial charge in [0.25, 0.3) is 11.8 Å². The van der Waals surface area contributed by atoms with Gasteiger partial charge in [-0.15, -0.1) is 11.3 Å². The molecule has 0 bridgehead atoms. The van der Waals surface area contributed by atoms with Gasteiger partial charge < -0.3 is 9.64 Å². The molecule has 160 valence electrons. The molecular formula is C22H27N3O4S. The largest absolute Gasteiger partial charge is 0.481 e. The number of thiophene rings is 1. The summed E-state index contributed by atoms with van der Waals surface area (Å²) in [4.78, 5) is 39.8. The Balaban J connectivity index is 1.50. The van der Waals surface area contributed by atoms with Gasteiger partial charge in [-0.25, -0.2) is 0 Å². The number of nitrogens with zero attached hydrogens (tertiary/aromatic N) is 1. The van der Waals surface area contributed by atoms with Crippen molar-refractivity contribution in [2.24, 2.45) is 5.92 Å². The van der Waals surface area contributed by atoms with Crippen LogP contribution >= 0.6 is 11.3 Å². The van der Waals surface area contributed by atoms with E-state index >= 15 is 0 Å². The standard InChI is InChI=1S/C22H27N3O4S/c1-14-7-4-9-18(15(14)2)29-16(3)20(26)23-24-21(27)17-8-5-11-25(13-17)22(28)19-10-6-12-30-19/h4,6-7,9-10,12,16-17H,5,8,11,13H2,1-3H3,(H,23,26)(H,24,27). The highest BCUT2D eigenvalue weighted by Crippen LogP contribution is 2.22. The number of carbonyl (C=O) groups is 3. The van der Waals surface area contributed by atoms with Crippen molar-refractivity contribution < 1.29 is 19.1 Å². The monoisotopic (exact) mass is 429 g/mol. The molecule has 1 saturated heterocycles. The molecule has 0 saturated carbocycles. The van der Waals surface area contributed by atoms with Gasteiger partial charge in [0.15, 0.2) is 6.10 Å². The van der Waals surface area contributed by atoms with Crippen molar-refractivity contribution in [3.63, 3.8) is 0 Å². The van der Waals surface area contributed by atoms with Crippen LogP contribution in [0.1, 0.15) is 40.6 Å². The van der Waals surface area contributed by atoms with Gasteiger partial charge >= 0.3 is 0 Å². The molecule has 8 heteroatoms. The van der Waals surface area contributed by atoms with E-state index in [9.17, 15) is 14.4 Å². The molecule has 1 aliphatic heterocycles. The summed E-state index contributed by atoms with van der Waals surface area (Å²) in [5.74, 6) is -0.517. The molecule has 0 radical (unpaired) electrons. The van der Waals surface area contributed by atoms with Crippen molar-refractivity contribution in [1.29, 1.82) is 0 Å². The maximum Gasteiger partial charge on any atom is 0.279 e. The number of amides is 3. The first-order chi connectivity index (χ1) is 14.4. The molecule has 1 aromatic carbocycles. The number of nitrogens with one attached hydrogen (secondary N) is 2. The highest BCUT2D eigenvalue weighted by molar-refractivity contribution is 7.12. The molecule has 2 aromatic rings. The quantitative estimate of drug-likeness (QED) is 0.716. The van der Waals surface area contributed by atoms with Crippen LogP contribution in [0.25, 0.3) is 0 Å². The molecule has 2 atom stereocenters. The number of likely N-dealkylation sites (tertiary alicyclic amines) is 1. The molecular weight excluding hydrogens is 402 g/mol. The summed E-state index contributed by atoms with van der Waals surface area (Å²) < 4.78 is 5.74. The third kappa shape index (κ3) is 5.18. The van der Waals surface area contributed by atoms with Crippen LogP contribution in [0, 0.1) is 19.8 Å². The fraction of sp³-hybridized carbons (Fsp3) is 0.409. The fourth-order valence-electron chi connectivity index (χ4n) is 3.35. The number of hydrogen-bond acceptors (Lipinski definition) is 5. The lowest BCUT2D eigenvalue weighted by Crippen LogP contribution is -2.52. The molecule has 2 heterocycles. The summed E-state index contributed by atoms with van der Waals surface area (Å²) in [6.45, 7) is 6.51. The van der Waals surface area contributed by atoms with Crippen molar-refractivity contribution in [3.8, 4) is 5.75 Å². The topological polar surface area (TPSA) is 87.7 Å². The smallest absolute Gasteiger partial charge is 0.279 e. The molecule has 1 aliphatic rings.